The molecule has 0 aliphatic carbocycles. The number of oxime groups is 1. The molecule has 0 aromatic rings. The topological polar surface area (TPSA) is 91.7 Å². The van der Waals surface area contributed by atoms with Crippen LogP contribution in [-0.2, 0) is 14.4 Å². The summed E-state index contributed by atoms with van der Waals surface area (Å²) < 4.78 is 6.59. The van der Waals surface area contributed by atoms with E-state index in [9.17, 15) is 14.4 Å². The summed E-state index contributed by atoms with van der Waals surface area (Å²) in [4.78, 5) is 40.5. The van der Waals surface area contributed by atoms with Gasteiger partial charge in [0.15, 0.2) is 0 Å². The summed E-state index contributed by atoms with van der Waals surface area (Å²) in [5.41, 5.74) is 0. The van der Waals surface area contributed by atoms with Crippen LogP contribution in [0.2, 0.25) is 0 Å². The lowest BCUT2D eigenvalue weighted by molar-refractivity contribution is -0.121. The molecule has 0 heterocycles. The number of carbonyl (C=O) groups is 3. The van der Waals surface area contributed by atoms with Crippen LogP contribution in [0.1, 0.15) is 0 Å². The largest absolute Gasteiger partial charge is 0.452 e. The second-order valence-electron chi connectivity index (χ2n) is 3.70. The number of ether oxygens (including phenoxy) is 1. The van der Waals surface area contributed by atoms with Gasteiger partial charge in [0.1, 0.15) is 0 Å². The first-order valence-corrected chi connectivity index (χ1v) is 7.48. The Labute approximate surface area is 131 Å². The van der Waals surface area contributed by atoms with Gasteiger partial charge in [-0.1, -0.05) is 5.16 Å². The summed E-state index contributed by atoms with van der Waals surface area (Å²) in [5.74, 6) is -0.378. The molecule has 0 radical (unpaired) electrons. The van der Waals surface area contributed by atoms with Crippen molar-refractivity contribution in [2.45, 2.75) is 0 Å². The van der Waals surface area contributed by atoms with E-state index in [1.807, 2.05) is 0 Å². The first kappa shape index (κ1) is 19.4. The van der Waals surface area contributed by atoms with Crippen LogP contribution in [0.25, 0.3) is 0 Å². The first-order chi connectivity index (χ1) is 9.74. The molecule has 0 aromatic carbocycles. The number of thioether (sulfide) groups is 1. The lowest BCUT2D eigenvalue weighted by Gasteiger charge is -2.19. The molecular formula is C10H18N4O5S2. The summed E-state index contributed by atoms with van der Waals surface area (Å²) >= 11 is 1.81. The molecule has 0 rings (SSSR count). The van der Waals surface area contributed by atoms with Gasteiger partial charge >= 0.3 is 12.2 Å². The number of hydrogen-bond donors (Lipinski definition) is 0. The average molecular weight is 338 g/mol. The Morgan fingerprint density at radius 3 is 1.95 bits per heavy atom. The summed E-state index contributed by atoms with van der Waals surface area (Å²) in [6.45, 7) is 0. The van der Waals surface area contributed by atoms with Gasteiger partial charge in [-0.15, -0.1) is 11.8 Å². The van der Waals surface area contributed by atoms with Gasteiger partial charge in [-0.2, -0.15) is 0 Å². The van der Waals surface area contributed by atoms with Crippen LogP contribution >= 0.6 is 23.9 Å². The smallest absolute Gasteiger partial charge is 0.447 e. The number of carbonyl (C=O) groups excluding carboxylic acids is 3. The molecule has 0 aliphatic rings. The summed E-state index contributed by atoms with van der Waals surface area (Å²) in [7, 11) is 7.15. The van der Waals surface area contributed by atoms with Gasteiger partial charge < -0.3 is 9.64 Å². The second-order valence-corrected chi connectivity index (χ2v) is 5.76. The van der Waals surface area contributed by atoms with Crippen molar-refractivity contribution in [1.29, 1.82) is 0 Å². The normalized spacial score (nSPS) is 10.7. The predicted molar refractivity (Wildman–Crippen MR) is 81.6 cm³/mol. The Morgan fingerprint density at radius 1 is 1.00 bits per heavy atom. The van der Waals surface area contributed by atoms with E-state index in [2.05, 4.69) is 14.7 Å². The van der Waals surface area contributed by atoms with Crippen molar-refractivity contribution in [3.05, 3.63) is 0 Å². The summed E-state index contributed by atoms with van der Waals surface area (Å²) in [5, 5.41) is 3.54. The van der Waals surface area contributed by atoms with Crippen LogP contribution in [0.4, 0.5) is 9.59 Å². The molecule has 0 atom stereocenters. The van der Waals surface area contributed by atoms with E-state index in [-0.39, 0.29) is 11.0 Å². The Morgan fingerprint density at radius 2 is 1.52 bits per heavy atom. The Bertz CT molecular complexity index is 430. The number of rotatable bonds is 3. The van der Waals surface area contributed by atoms with Crippen LogP contribution in [0, 0.1) is 0 Å². The van der Waals surface area contributed by atoms with Gasteiger partial charge in [0.05, 0.1) is 19.2 Å². The van der Waals surface area contributed by atoms with Crippen molar-refractivity contribution >= 4 is 47.0 Å². The van der Waals surface area contributed by atoms with Crippen LogP contribution in [0.3, 0.4) is 0 Å². The first-order valence-electron chi connectivity index (χ1n) is 5.52. The third-order valence-corrected chi connectivity index (χ3v) is 3.35. The van der Waals surface area contributed by atoms with Crippen LogP contribution in [0.5, 0.6) is 0 Å². The quantitative estimate of drug-likeness (QED) is 0.250. The monoisotopic (exact) mass is 338 g/mol. The molecule has 0 saturated carbocycles. The highest BCUT2D eigenvalue weighted by Gasteiger charge is 2.20. The molecule has 0 spiro atoms. The Balaban J connectivity index is 4.60. The minimum atomic E-state index is -0.839. The molecule has 0 unspecified atom stereocenters. The third kappa shape index (κ3) is 6.58. The zero-order chi connectivity index (χ0) is 16.6. The average Bonchev–Trinajstić information content (AvgIpc) is 2.45. The highest BCUT2D eigenvalue weighted by Crippen LogP contribution is 2.14. The maximum absolute atomic E-state index is 11.7. The van der Waals surface area contributed by atoms with E-state index in [1.165, 1.54) is 26.1 Å². The van der Waals surface area contributed by atoms with Crippen molar-refractivity contribution in [2.24, 2.45) is 5.16 Å². The summed E-state index contributed by atoms with van der Waals surface area (Å²) in [6.07, 6.45) is 0.169. The Kier molecular flexibility index (Phi) is 8.62. The standard InChI is InChI=1S/C10H18N4O5S2/c1-12(2)8(15)7(20-6)11-19-10(17)14(4)21-13(3)9(16)18-5/h1-6H3. The molecule has 0 bridgehead atoms. The lowest BCUT2D eigenvalue weighted by Crippen LogP contribution is -2.30. The van der Waals surface area contributed by atoms with Crippen molar-refractivity contribution in [2.75, 3.05) is 41.6 Å². The fraction of sp³-hybridized carbons (Fsp3) is 0.600. The number of hydrogen-bond acceptors (Lipinski definition) is 8. The van der Waals surface area contributed by atoms with E-state index < -0.39 is 12.2 Å². The number of methoxy groups -OCH3 is 1. The molecule has 9 nitrogen and oxygen atoms in total. The van der Waals surface area contributed by atoms with Gasteiger partial charge in [-0.25, -0.2) is 18.2 Å². The minimum Gasteiger partial charge on any atom is -0.452 e. The van der Waals surface area contributed by atoms with Crippen molar-refractivity contribution in [3.63, 3.8) is 0 Å². The fourth-order valence-corrected chi connectivity index (χ4v) is 1.95. The lowest BCUT2D eigenvalue weighted by atomic mass is 10.6. The number of amides is 3. The van der Waals surface area contributed by atoms with Crippen molar-refractivity contribution in [3.8, 4) is 0 Å². The summed E-state index contributed by atoms with van der Waals surface area (Å²) in [6, 6.07) is 0. The maximum Gasteiger partial charge on any atom is 0.447 e. The highest BCUT2D eigenvalue weighted by molar-refractivity contribution is 8.15. The SMILES string of the molecule is COC(=O)N(C)SN(C)C(=O)ON=C(SC)C(=O)N(C)C. The molecule has 0 aromatic heterocycles. The third-order valence-electron chi connectivity index (χ3n) is 1.92. The molecule has 0 aliphatic heterocycles. The van der Waals surface area contributed by atoms with Crippen LogP contribution in [-0.4, -0.2) is 78.2 Å². The van der Waals surface area contributed by atoms with Gasteiger partial charge in [0.2, 0.25) is 5.04 Å². The molecule has 21 heavy (non-hydrogen) atoms. The zero-order valence-electron chi connectivity index (χ0n) is 12.6. The second kappa shape index (κ2) is 9.34. The molecule has 11 heteroatoms. The van der Waals surface area contributed by atoms with Gasteiger partial charge in [0, 0.05) is 28.2 Å². The molecular weight excluding hydrogens is 320 g/mol. The predicted octanol–water partition coefficient (Wildman–Crippen LogP) is 1.08. The zero-order valence-corrected chi connectivity index (χ0v) is 14.3. The molecule has 0 fully saturated rings. The van der Waals surface area contributed by atoms with Crippen LogP contribution in [0.15, 0.2) is 5.16 Å². The van der Waals surface area contributed by atoms with Crippen molar-refractivity contribution < 1.29 is 24.0 Å². The van der Waals surface area contributed by atoms with Gasteiger partial charge in [0.25, 0.3) is 5.91 Å². The van der Waals surface area contributed by atoms with E-state index in [4.69, 9.17) is 0 Å². The van der Waals surface area contributed by atoms with Crippen LogP contribution < -0.4 is 0 Å². The van der Waals surface area contributed by atoms with Gasteiger partial charge in [-0.05, 0) is 6.26 Å². The molecule has 0 N–H and O–H groups in total. The Hall–Kier alpha value is -1.62. The van der Waals surface area contributed by atoms with E-state index in [1.54, 1.807) is 20.4 Å². The van der Waals surface area contributed by atoms with E-state index >= 15 is 0 Å². The van der Waals surface area contributed by atoms with E-state index in [0.717, 1.165) is 32.5 Å². The van der Waals surface area contributed by atoms with Crippen molar-refractivity contribution in [1.82, 2.24) is 13.5 Å². The minimum absolute atomic E-state index is 0.0353. The fourth-order valence-electron chi connectivity index (χ4n) is 0.872. The molecule has 120 valence electrons. The maximum atomic E-state index is 11.7. The molecule has 3 amide bonds. The van der Waals surface area contributed by atoms with E-state index in [0.29, 0.717) is 0 Å². The number of nitrogens with zero attached hydrogens (tertiary/aromatic N) is 4. The van der Waals surface area contributed by atoms with Gasteiger partial charge in [-0.3, -0.25) is 9.63 Å². The highest BCUT2D eigenvalue weighted by atomic mass is 32.2. The molecule has 0 saturated heterocycles.